The quantitative estimate of drug-likeness (QED) is 0.882. The molecule has 1 saturated heterocycles. The summed E-state index contributed by atoms with van der Waals surface area (Å²) in [5.41, 5.74) is 2.87. The van der Waals surface area contributed by atoms with Gasteiger partial charge in [0.25, 0.3) is 0 Å². The minimum absolute atomic E-state index is 0.256. The Morgan fingerprint density at radius 2 is 1.90 bits per heavy atom. The van der Waals surface area contributed by atoms with Crippen molar-refractivity contribution in [3.8, 4) is 0 Å². The second-order valence-electron chi connectivity index (χ2n) is 6.26. The molecule has 20 heavy (non-hydrogen) atoms. The van der Waals surface area contributed by atoms with Crippen molar-refractivity contribution in [1.82, 2.24) is 10.6 Å². The zero-order valence-corrected chi connectivity index (χ0v) is 12.2. The predicted octanol–water partition coefficient (Wildman–Crippen LogP) is 2.25. The fourth-order valence-electron chi connectivity index (χ4n) is 3.40. The van der Waals surface area contributed by atoms with Gasteiger partial charge in [-0.3, -0.25) is 4.79 Å². The fraction of sp³-hybridized carbons (Fsp3) is 0.588. The van der Waals surface area contributed by atoms with Gasteiger partial charge < -0.3 is 10.6 Å². The molecule has 2 fully saturated rings. The minimum atomic E-state index is 0.256. The molecule has 1 unspecified atom stereocenters. The molecule has 3 nitrogen and oxygen atoms in total. The lowest BCUT2D eigenvalue weighted by Gasteiger charge is -2.23. The van der Waals surface area contributed by atoms with Crippen LogP contribution in [-0.2, 0) is 17.8 Å². The topological polar surface area (TPSA) is 41.1 Å². The van der Waals surface area contributed by atoms with Crippen LogP contribution in [0.5, 0.6) is 0 Å². The van der Waals surface area contributed by atoms with Crippen LogP contribution in [0.25, 0.3) is 0 Å². The van der Waals surface area contributed by atoms with E-state index in [0.29, 0.717) is 12.0 Å². The number of benzene rings is 1. The van der Waals surface area contributed by atoms with Gasteiger partial charge in [0, 0.05) is 12.5 Å². The Labute approximate surface area is 121 Å². The molecule has 1 aromatic rings. The predicted molar refractivity (Wildman–Crippen MR) is 80.3 cm³/mol. The van der Waals surface area contributed by atoms with Gasteiger partial charge >= 0.3 is 0 Å². The van der Waals surface area contributed by atoms with Crippen LogP contribution >= 0.6 is 0 Å². The highest BCUT2D eigenvalue weighted by Gasteiger charge is 2.57. The number of rotatable bonds is 4. The summed E-state index contributed by atoms with van der Waals surface area (Å²) < 4.78 is 0. The van der Waals surface area contributed by atoms with Gasteiger partial charge in [-0.15, -0.1) is 0 Å². The molecule has 2 N–H and O–H groups in total. The van der Waals surface area contributed by atoms with E-state index in [0.717, 1.165) is 38.8 Å². The zero-order chi connectivity index (χ0) is 14.0. The molecule has 3 rings (SSSR count). The van der Waals surface area contributed by atoms with E-state index in [9.17, 15) is 4.79 Å². The van der Waals surface area contributed by atoms with Gasteiger partial charge in [-0.2, -0.15) is 0 Å². The number of carbonyl (C=O) groups excluding carboxylic acids is 1. The Bertz CT molecular complexity index is 474. The lowest BCUT2D eigenvalue weighted by Crippen LogP contribution is -2.33. The first-order valence-electron chi connectivity index (χ1n) is 7.80. The first kappa shape index (κ1) is 13.6. The maximum absolute atomic E-state index is 12.2. The molecule has 0 bridgehead atoms. The molecule has 3 heteroatoms. The van der Waals surface area contributed by atoms with Crippen molar-refractivity contribution in [3.05, 3.63) is 35.4 Å². The highest BCUT2D eigenvalue weighted by atomic mass is 16.2. The Hall–Kier alpha value is -1.35. The second kappa shape index (κ2) is 5.57. The summed E-state index contributed by atoms with van der Waals surface area (Å²) in [4.78, 5) is 12.2. The van der Waals surface area contributed by atoms with E-state index in [2.05, 4.69) is 41.8 Å². The third-order valence-corrected chi connectivity index (χ3v) is 5.00. The number of carbonyl (C=O) groups is 1. The average Bonchev–Trinajstić information content (AvgIpc) is 3.19. The van der Waals surface area contributed by atoms with Crippen molar-refractivity contribution < 1.29 is 4.79 Å². The van der Waals surface area contributed by atoms with Gasteiger partial charge in [0.2, 0.25) is 5.91 Å². The van der Waals surface area contributed by atoms with Crippen LogP contribution in [0.3, 0.4) is 0 Å². The minimum Gasteiger partial charge on any atom is -0.352 e. The maximum atomic E-state index is 12.2. The van der Waals surface area contributed by atoms with Crippen LogP contribution in [0.4, 0.5) is 0 Å². The van der Waals surface area contributed by atoms with Crippen molar-refractivity contribution in [2.75, 3.05) is 13.1 Å². The Morgan fingerprint density at radius 3 is 2.55 bits per heavy atom. The molecule has 1 aromatic carbocycles. The first-order chi connectivity index (χ1) is 9.73. The van der Waals surface area contributed by atoms with Crippen molar-refractivity contribution >= 4 is 5.91 Å². The van der Waals surface area contributed by atoms with E-state index < -0.39 is 0 Å². The summed E-state index contributed by atoms with van der Waals surface area (Å²) in [5.74, 6) is 0.519. The van der Waals surface area contributed by atoms with Crippen molar-refractivity contribution in [3.63, 3.8) is 0 Å². The third kappa shape index (κ3) is 2.73. The highest BCUT2D eigenvalue weighted by Crippen LogP contribution is 2.58. The van der Waals surface area contributed by atoms with E-state index in [-0.39, 0.29) is 11.8 Å². The molecule has 1 amide bonds. The smallest absolute Gasteiger partial charge is 0.223 e. The van der Waals surface area contributed by atoms with Gasteiger partial charge in [-0.25, -0.2) is 0 Å². The number of hydrogen-bond acceptors (Lipinski definition) is 2. The number of piperidine rings is 1. The van der Waals surface area contributed by atoms with Gasteiger partial charge in [-0.1, -0.05) is 31.2 Å². The summed E-state index contributed by atoms with van der Waals surface area (Å²) in [7, 11) is 0. The van der Waals surface area contributed by atoms with Crippen LogP contribution in [0.1, 0.15) is 37.3 Å². The van der Waals surface area contributed by atoms with Gasteiger partial charge in [0.15, 0.2) is 0 Å². The summed E-state index contributed by atoms with van der Waals surface area (Å²) in [6, 6.07) is 8.53. The van der Waals surface area contributed by atoms with Gasteiger partial charge in [0.1, 0.15) is 0 Å². The average molecular weight is 272 g/mol. The van der Waals surface area contributed by atoms with Crippen LogP contribution < -0.4 is 10.6 Å². The number of amides is 1. The number of aryl methyl sites for hydroxylation is 1. The molecule has 2 aliphatic rings. The molecule has 1 spiro atoms. The van der Waals surface area contributed by atoms with Crippen LogP contribution in [0.15, 0.2) is 24.3 Å². The van der Waals surface area contributed by atoms with Gasteiger partial charge in [-0.05, 0) is 55.3 Å². The Kier molecular flexibility index (Phi) is 3.79. The molecule has 1 saturated carbocycles. The number of hydrogen-bond donors (Lipinski definition) is 2. The van der Waals surface area contributed by atoms with Crippen molar-refractivity contribution in [1.29, 1.82) is 0 Å². The Morgan fingerprint density at radius 1 is 1.25 bits per heavy atom. The fourth-order valence-corrected chi connectivity index (χ4v) is 3.40. The summed E-state index contributed by atoms with van der Waals surface area (Å²) >= 11 is 0. The third-order valence-electron chi connectivity index (χ3n) is 5.00. The van der Waals surface area contributed by atoms with Crippen molar-refractivity contribution in [2.45, 2.75) is 39.2 Å². The van der Waals surface area contributed by atoms with Crippen LogP contribution in [-0.4, -0.2) is 19.0 Å². The Balaban J connectivity index is 1.50. The van der Waals surface area contributed by atoms with Crippen LogP contribution in [0.2, 0.25) is 0 Å². The maximum Gasteiger partial charge on any atom is 0.223 e. The molecule has 108 valence electrons. The van der Waals surface area contributed by atoms with Crippen LogP contribution in [0, 0.1) is 11.3 Å². The molecule has 1 aliphatic carbocycles. The second-order valence-corrected chi connectivity index (χ2v) is 6.26. The first-order valence-corrected chi connectivity index (χ1v) is 7.80. The van der Waals surface area contributed by atoms with E-state index in [4.69, 9.17) is 0 Å². The largest absolute Gasteiger partial charge is 0.352 e. The SMILES string of the molecule is CCc1ccc(CNC(=O)C2CC23CCNCC3)cc1. The number of nitrogens with one attached hydrogen (secondary N) is 2. The lowest BCUT2D eigenvalue weighted by molar-refractivity contribution is -0.123. The van der Waals surface area contributed by atoms with E-state index in [1.54, 1.807) is 0 Å². The molecular weight excluding hydrogens is 248 g/mol. The van der Waals surface area contributed by atoms with E-state index in [1.165, 1.54) is 11.1 Å². The zero-order valence-electron chi connectivity index (χ0n) is 12.2. The lowest BCUT2D eigenvalue weighted by atomic mass is 9.92. The molecule has 1 heterocycles. The standard InChI is InChI=1S/C17H24N2O/c1-2-13-3-5-14(6-4-13)12-19-16(20)15-11-17(15)7-9-18-10-8-17/h3-6,15,18H,2,7-12H2,1H3,(H,19,20). The van der Waals surface area contributed by atoms with Crippen molar-refractivity contribution in [2.24, 2.45) is 11.3 Å². The summed E-state index contributed by atoms with van der Waals surface area (Å²) in [6.07, 6.45) is 4.48. The monoisotopic (exact) mass is 272 g/mol. The summed E-state index contributed by atoms with van der Waals surface area (Å²) in [5, 5.41) is 6.49. The molecule has 0 aromatic heterocycles. The summed E-state index contributed by atoms with van der Waals surface area (Å²) in [6.45, 7) is 4.96. The van der Waals surface area contributed by atoms with Gasteiger partial charge in [0.05, 0.1) is 0 Å². The molecule has 1 atom stereocenters. The van der Waals surface area contributed by atoms with E-state index in [1.807, 2.05) is 0 Å². The molecular formula is C17H24N2O. The highest BCUT2D eigenvalue weighted by molar-refractivity contribution is 5.82. The molecule has 1 aliphatic heterocycles. The normalized spacial score (nSPS) is 23.6. The molecule has 0 radical (unpaired) electrons. The van der Waals surface area contributed by atoms with E-state index >= 15 is 0 Å².